The number of aromatic nitrogens is 1. The van der Waals surface area contributed by atoms with Gasteiger partial charge in [0.05, 0.1) is 11.0 Å². The number of hydrogen-bond acceptors (Lipinski definition) is 1. The molecule has 0 atom stereocenters. The molecule has 0 radical (unpaired) electrons. The van der Waals surface area contributed by atoms with E-state index >= 15 is 0 Å². The summed E-state index contributed by atoms with van der Waals surface area (Å²) in [7, 11) is 0. The standard InChI is InChI=1S/C63H44N2/c1-63(2)59-39-47(34-36-54(59)55-37-35-48(40-60(55)63)65-61-24-11-9-21-56(61)57-22-10-12-25-62(57)65)64(45-30-26-42(27-31-45)50-23-13-16-41-14-3-5-17-49(41)50)46-32-28-43(29-33-46)58-38-44-15-4-6-18-51(44)52-19-7-8-20-53(52)58/h3-40H,1-2H3. The number of nitrogens with zero attached hydrogens (tertiary/aromatic N) is 2. The van der Waals surface area contributed by atoms with Gasteiger partial charge in [-0.25, -0.2) is 0 Å². The van der Waals surface area contributed by atoms with E-state index in [1.807, 2.05) is 0 Å². The Morgan fingerprint density at radius 2 is 0.815 bits per heavy atom. The van der Waals surface area contributed by atoms with Crippen LogP contribution in [0, 0.1) is 0 Å². The van der Waals surface area contributed by atoms with E-state index in [0.29, 0.717) is 0 Å². The van der Waals surface area contributed by atoms with E-state index < -0.39 is 0 Å². The minimum atomic E-state index is -0.236. The summed E-state index contributed by atoms with van der Waals surface area (Å²) in [6, 6.07) is 85.2. The fourth-order valence-electron chi connectivity index (χ4n) is 11.0. The van der Waals surface area contributed by atoms with Crippen LogP contribution in [0.2, 0.25) is 0 Å². The summed E-state index contributed by atoms with van der Waals surface area (Å²) in [5.74, 6) is 0. The lowest BCUT2D eigenvalue weighted by Crippen LogP contribution is -2.17. The van der Waals surface area contributed by atoms with Crippen molar-refractivity contribution in [2.24, 2.45) is 0 Å². The third-order valence-corrected chi connectivity index (χ3v) is 14.2. The van der Waals surface area contributed by atoms with E-state index in [2.05, 4.69) is 254 Å². The van der Waals surface area contributed by atoms with Crippen molar-refractivity contribution in [1.82, 2.24) is 4.57 Å². The molecule has 1 heterocycles. The molecule has 0 N–H and O–H groups in total. The molecule has 1 aliphatic rings. The van der Waals surface area contributed by atoms with Crippen LogP contribution in [-0.2, 0) is 5.41 Å². The molecule has 0 unspecified atom stereocenters. The molecule has 2 heteroatoms. The topological polar surface area (TPSA) is 8.17 Å². The summed E-state index contributed by atoms with van der Waals surface area (Å²) in [4.78, 5) is 2.43. The third-order valence-electron chi connectivity index (χ3n) is 14.2. The molecule has 306 valence electrons. The maximum absolute atomic E-state index is 2.44. The number of anilines is 3. The zero-order chi connectivity index (χ0) is 43.2. The Hall–Kier alpha value is -8.20. The van der Waals surface area contributed by atoms with Gasteiger partial charge in [-0.3, -0.25) is 0 Å². The number of fused-ring (bicyclic) bond motifs is 10. The van der Waals surface area contributed by atoms with Crippen molar-refractivity contribution < 1.29 is 0 Å². The molecule has 0 spiro atoms. The average Bonchev–Trinajstić information content (AvgIpc) is 3.81. The smallest absolute Gasteiger partial charge is 0.0541 e. The van der Waals surface area contributed by atoms with E-state index in [1.165, 1.54) is 104 Å². The molecule has 0 saturated heterocycles. The molecule has 0 amide bonds. The van der Waals surface area contributed by atoms with Crippen LogP contribution < -0.4 is 4.90 Å². The van der Waals surface area contributed by atoms with E-state index in [-0.39, 0.29) is 5.41 Å². The molecule has 1 aromatic heterocycles. The summed E-state index contributed by atoms with van der Waals surface area (Å²) < 4.78 is 2.43. The quantitative estimate of drug-likeness (QED) is 0.152. The van der Waals surface area contributed by atoms with Gasteiger partial charge in [-0.15, -0.1) is 0 Å². The zero-order valence-electron chi connectivity index (χ0n) is 36.3. The first-order valence-electron chi connectivity index (χ1n) is 22.7. The largest absolute Gasteiger partial charge is 0.310 e. The molecular formula is C63H44N2. The van der Waals surface area contributed by atoms with Crippen LogP contribution in [0.25, 0.3) is 93.2 Å². The third kappa shape index (κ3) is 5.81. The van der Waals surface area contributed by atoms with Crippen LogP contribution in [0.1, 0.15) is 25.0 Å². The Bertz CT molecular complexity index is 3790. The Balaban J connectivity index is 0.934. The van der Waals surface area contributed by atoms with E-state index in [9.17, 15) is 0 Å². The van der Waals surface area contributed by atoms with Crippen LogP contribution in [0.3, 0.4) is 0 Å². The SMILES string of the molecule is CC1(C)c2cc(N(c3ccc(-c4cccc5ccccc45)cc3)c3ccc(-c4cc5ccccc5c5ccccc45)cc3)ccc2-c2ccc(-n3c4ccccc4c4ccccc43)cc21. The minimum absolute atomic E-state index is 0.236. The fourth-order valence-corrected chi connectivity index (χ4v) is 11.0. The highest BCUT2D eigenvalue weighted by molar-refractivity contribution is 6.14. The number of para-hydroxylation sites is 2. The second kappa shape index (κ2) is 14.4. The van der Waals surface area contributed by atoms with Crippen molar-refractivity contribution in [3.05, 3.63) is 242 Å². The first-order chi connectivity index (χ1) is 32.0. The van der Waals surface area contributed by atoms with Crippen molar-refractivity contribution in [2.45, 2.75) is 19.3 Å². The maximum Gasteiger partial charge on any atom is 0.0541 e. The van der Waals surface area contributed by atoms with Gasteiger partial charge in [-0.2, -0.15) is 0 Å². The Morgan fingerprint density at radius 1 is 0.323 bits per heavy atom. The Morgan fingerprint density at radius 3 is 1.49 bits per heavy atom. The highest BCUT2D eigenvalue weighted by atomic mass is 15.1. The second-order valence-electron chi connectivity index (χ2n) is 18.1. The van der Waals surface area contributed by atoms with Crippen molar-refractivity contribution in [3.8, 4) is 39.1 Å². The molecule has 11 aromatic carbocycles. The zero-order valence-corrected chi connectivity index (χ0v) is 36.3. The van der Waals surface area contributed by atoms with E-state index in [0.717, 1.165) is 17.1 Å². The van der Waals surface area contributed by atoms with Crippen LogP contribution in [-0.4, -0.2) is 4.57 Å². The molecule has 65 heavy (non-hydrogen) atoms. The summed E-state index contributed by atoms with van der Waals surface area (Å²) in [6.45, 7) is 4.78. The first kappa shape index (κ1) is 37.4. The van der Waals surface area contributed by atoms with Crippen molar-refractivity contribution >= 4 is 71.2 Å². The summed E-state index contributed by atoms with van der Waals surface area (Å²) in [5, 5.41) is 10.1. The van der Waals surface area contributed by atoms with Gasteiger partial charge >= 0.3 is 0 Å². The predicted octanol–water partition coefficient (Wildman–Crippen LogP) is 17.4. The Kier molecular flexibility index (Phi) is 8.29. The second-order valence-corrected chi connectivity index (χ2v) is 18.1. The lowest BCUT2D eigenvalue weighted by atomic mass is 9.82. The van der Waals surface area contributed by atoms with Gasteiger partial charge in [0.25, 0.3) is 0 Å². The highest BCUT2D eigenvalue weighted by Gasteiger charge is 2.36. The van der Waals surface area contributed by atoms with Crippen LogP contribution >= 0.6 is 0 Å². The summed E-state index contributed by atoms with van der Waals surface area (Å²) in [6.07, 6.45) is 0. The predicted molar refractivity (Wildman–Crippen MR) is 276 cm³/mol. The van der Waals surface area contributed by atoms with Crippen molar-refractivity contribution in [3.63, 3.8) is 0 Å². The molecule has 1 aliphatic carbocycles. The average molecular weight is 829 g/mol. The van der Waals surface area contributed by atoms with Gasteiger partial charge in [0.15, 0.2) is 0 Å². The number of rotatable bonds is 6. The molecular weight excluding hydrogens is 785 g/mol. The number of benzene rings is 11. The first-order valence-corrected chi connectivity index (χ1v) is 22.7. The van der Waals surface area contributed by atoms with Gasteiger partial charge in [0.1, 0.15) is 0 Å². The molecule has 2 nitrogen and oxygen atoms in total. The van der Waals surface area contributed by atoms with Gasteiger partial charge in [-0.05, 0) is 144 Å². The molecule has 12 aromatic rings. The monoisotopic (exact) mass is 828 g/mol. The number of hydrogen-bond donors (Lipinski definition) is 0. The summed E-state index contributed by atoms with van der Waals surface area (Å²) in [5.41, 5.74) is 16.9. The van der Waals surface area contributed by atoms with Crippen molar-refractivity contribution in [2.75, 3.05) is 4.90 Å². The van der Waals surface area contributed by atoms with Gasteiger partial charge in [0.2, 0.25) is 0 Å². The van der Waals surface area contributed by atoms with Crippen LogP contribution in [0.4, 0.5) is 17.1 Å². The Labute approximate surface area is 378 Å². The molecule has 0 bridgehead atoms. The van der Waals surface area contributed by atoms with Gasteiger partial charge < -0.3 is 9.47 Å². The normalized spacial score (nSPS) is 12.9. The van der Waals surface area contributed by atoms with E-state index in [4.69, 9.17) is 0 Å². The van der Waals surface area contributed by atoms with E-state index in [1.54, 1.807) is 0 Å². The summed E-state index contributed by atoms with van der Waals surface area (Å²) >= 11 is 0. The lowest BCUT2D eigenvalue weighted by Gasteiger charge is -2.28. The highest BCUT2D eigenvalue weighted by Crippen LogP contribution is 2.52. The van der Waals surface area contributed by atoms with Gasteiger partial charge in [-0.1, -0.05) is 178 Å². The minimum Gasteiger partial charge on any atom is -0.310 e. The van der Waals surface area contributed by atoms with Crippen LogP contribution in [0.15, 0.2) is 231 Å². The van der Waals surface area contributed by atoms with Crippen LogP contribution in [0.5, 0.6) is 0 Å². The molecule has 0 saturated carbocycles. The molecule has 0 aliphatic heterocycles. The molecule has 13 rings (SSSR count). The van der Waals surface area contributed by atoms with Crippen molar-refractivity contribution in [1.29, 1.82) is 0 Å². The lowest BCUT2D eigenvalue weighted by molar-refractivity contribution is 0.660. The molecule has 0 fully saturated rings. The van der Waals surface area contributed by atoms with Gasteiger partial charge in [0, 0.05) is 38.9 Å². The fraction of sp³-hybridized carbons (Fsp3) is 0.0476. The maximum atomic E-state index is 2.44.